The van der Waals surface area contributed by atoms with Crippen LogP contribution < -0.4 is 16.4 Å². The summed E-state index contributed by atoms with van der Waals surface area (Å²) in [6.45, 7) is 2.27. The van der Waals surface area contributed by atoms with Crippen molar-refractivity contribution < 1.29 is 14.3 Å². The van der Waals surface area contributed by atoms with Gasteiger partial charge in [-0.2, -0.15) is 0 Å². The van der Waals surface area contributed by atoms with E-state index in [0.29, 0.717) is 11.7 Å². The van der Waals surface area contributed by atoms with Crippen LogP contribution >= 0.6 is 11.3 Å². The van der Waals surface area contributed by atoms with Gasteiger partial charge >= 0.3 is 0 Å². The lowest BCUT2D eigenvalue weighted by Gasteiger charge is -2.08. The number of rotatable bonds is 8. The van der Waals surface area contributed by atoms with Crippen LogP contribution in [0, 0.1) is 0 Å². The Morgan fingerprint density at radius 3 is 2.68 bits per heavy atom. The molecule has 2 aromatic rings. The Balaban J connectivity index is 1.95. The topological polar surface area (TPSA) is 106 Å². The smallest absolute Gasteiger partial charge is 0.245 e. The van der Waals surface area contributed by atoms with Gasteiger partial charge in [0, 0.05) is 31.5 Å². The van der Waals surface area contributed by atoms with Crippen molar-refractivity contribution in [2.75, 3.05) is 25.6 Å². The van der Waals surface area contributed by atoms with E-state index in [2.05, 4.69) is 15.6 Å². The fourth-order valence-electron chi connectivity index (χ4n) is 2.14. The molecule has 1 unspecified atom stereocenters. The molecule has 134 valence electrons. The Morgan fingerprint density at radius 2 is 2.04 bits per heavy atom. The number of benzene rings is 1. The van der Waals surface area contributed by atoms with Crippen molar-refractivity contribution in [2.45, 2.75) is 19.4 Å². The highest BCUT2D eigenvalue weighted by Gasteiger charge is 2.15. The third-order valence-corrected chi connectivity index (χ3v) is 4.21. The molecule has 2 rings (SSSR count). The maximum absolute atomic E-state index is 11.9. The minimum absolute atomic E-state index is 0.0288. The number of carbonyl (C=O) groups is 2. The molecule has 0 saturated carbocycles. The standard InChI is InChI=1S/C17H22N4O3S/c1-11(22)19-8-7-12-3-5-13(6-4-12)15-10-25-17(20-15)21-16(23)14(18)9-24-2/h3-6,10,14H,7-9,18H2,1-2H3,(H,19,22)(H,20,21,23). The molecule has 1 heterocycles. The normalized spacial score (nSPS) is 11.8. The van der Waals surface area contributed by atoms with Gasteiger partial charge in [0.1, 0.15) is 6.04 Å². The monoisotopic (exact) mass is 362 g/mol. The van der Waals surface area contributed by atoms with E-state index in [1.807, 2.05) is 29.6 Å². The molecular formula is C17H22N4O3S. The number of amides is 2. The van der Waals surface area contributed by atoms with Crippen LogP contribution in [-0.4, -0.2) is 43.1 Å². The van der Waals surface area contributed by atoms with Crippen molar-refractivity contribution in [1.82, 2.24) is 10.3 Å². The molecule has 0 saturated heterocycles. The highest BCUT2D eigenvalue weighted by Crippen LogP contribution is 2.25. The van der Waals surface area contributed by atoms with Crippen LogP contribution in [0.25, 0.3) is 11.3 Å². The van der Waals surface area contributed by atoms with E-state index < -0.39 is 6.04 Å². The van der Waals surface area contributed by atoms with Gasteiger partial charge in [-0.3, -0.25) is 9.59 Å². The van der Waals surface area contributed by atoms with Crippen molar-refractivity contribution >= 4 is 28.3 Å². The lowest BCUT2D eigenvalue weighted by Crippen LogP contribution is -2.39. The van der Waals surface area contributed by atoms with Crippen molar-refractivity contribution in [2.24, 2.45) is 5.73 Å². The lowest BCUT2D eigenvalue weighted by molar-refractivity contribution is -0.119. The van der Waals surface area contributed by atoms with Gasteiger partial charge in [0.2, 0.25) is 11.8 Å². The molecule has 1 aromatic heterocycles. The number of nitrogens with one attached hydrogen (secondary N) is 2. The molecule has 0 radical (unpaired) electrons. The van der Waals surface area contributed by atoms with Gasteiger partial charge in [-0.1, -0.05) is 24.3 Å². The van der Waals surface area contributed by atoms with Crippen LogP contribution in [0.1, 0.15) is 12.5 Å². The Bertz CT molecular complexity index is 715. The molecule has 2 amide bonds. The molecule has 0 aliphatic rings. The zero-order valence-electron chi connectivity index (χ0n) is 14.2. The molecule has 0 spiro atoms. The first-order valence-corrected chi connectivity index (χ1v) is 8.72. The summed E-state index contributed by atoms with van der Waals surface area (Å²) in [6.07, 6.45) is 0.773. The van der Waals surface area contributed by atoms with Gasteiger partial charge in [-0.15, -0.1) is 11.3 Å². The maximum Gasteiger partial charge on any atom is 0.245 e. The summed E-state index contributed by atoms with van der Waals surface area (Å²) >= 11 is 1.34. The van der Waals surface area contributed by atoms with Gasteiger partial charge in [-0.25, -0.2) is 4.98 Å². The van der Waals surface area contributed by atoms with E-state index >= 15 is 0 Å². The van der Waals surface area contributed by atoms with Crippen LogP contribution in [0.5, 0.6) is 0 Å². The van der Waals surface area contributed by atoms with E-state index in [0.717, 1.165) is 23.2 Å². The number of carbonyl (C=O) groups excluding carboxylic acids is 2. The third-order valence-electron chi connectivity index (χ3n) is 3.45. The predicted octanol–water partition coefficient (Wildman–Crippen LogP) is 1.40. The maximum atomic E-state index is 11.9. The van der Waals surface area contributed by atoms with Crippen LogP contribution in [0.2, 0.25) is 0 Å². The number of hydrogen-bond donors (Lipinski definition) is 3. The predicted molar refractivity (Wildman–Crippen MR) is 98.4 cm³/mol. The number of anilines is 1. The van der Waals surface area contributed by atoms with E-state index in [1.165, 1.54) is 25.4 Å². The molecular weight excluding hydrogens is 340 g/mol. The zero-order chi connectivity index (χ0) is 18.2. The zero-order valence-corrected chi connectivity index (χ0v) is 15.1. The summed E-state index contributed by atoms with van der Waals surface area (Å²) in [6, 6.07) is 7.23. The van der Waals surface area contributed by atoms with Crippen LogP contribution in [-0.2, 0) is 20.7 Å². The third kappa shape index (κ3) is 5.93. The Labute approximate surface area is 150 Å². The summed E-state index contributed by atoms with van der Waals surface area (Å²) in [7, 11) is 1.49. The van der Waals surface area contributed by atoms with Gasteiger partial charge in [0.15, 0.2) is 5.13 Å². The SMILES string of the molecule is COCC(N)C(=O)Nc1nc(-c2ccc(CCNC(C)=O)cc2)cs1. The van der Waals surface area contributed by atoms with Gasteiger partial charge in [0.25, 0.3) is 0 Å². The van der Waals surface area contributed by atoms with Crippen LogP contribution in [0.15, 0.2) is 29.6 Å². The Kier molecular flexibility index (Phi) is 7.05. The average molecular weight is 362 g/mol. The first-order chi connectivity index (χ1) is 12.0. The summed E-state index contributed by atoms with van der Waals surface area (Å²) in [5, 5.41) is 7.84. The van der Waals surface area contributed by atoms with E-state index in [9.17, 15) is 9.59 Å². The summed E-state index contributed by atoms with van der Waals surface area (Å²) in [5.41, 5.74) is 8.56. The molecule has 0 aliphatic heterocycles. The molecule has 4 N–H and O–H groups in total. The minimum Gasteiger partial charge on any atom is -0.383 e. The average Bonchev–Trinajstić information content (AvgIpc) is 3.04. The Morgan fingerprint density at radius 1 is 1.32 bits per heavy atom. The summed E-state index contributed by atoms with van der Waals surface area (Å²) in [4.78, 5) is 27.1. The molecule has 1 aromatic carbocycles. The number of ether oxygens (including phenoxy) is 1. The van der Waals surface area contributed by atoms with Crippen LogP contribution in [0.4, 0.5) is 5.13 Å². The second kappa shape index (κ2) is 9.26. The Hall–Kier alpha value is -2.29. The quantitative estimate of drug-likeness (QED) is 0.658. The number of thiazole rings is 1. The number of aromatic nitrogens is 1. The highest BCUT2D eigenvalue weighted by atomic mass is 32.1. The molecule has 7 nitrogen and oxygen atoms in total. The van der Waals surface area contributed by atoms with Gasteiger partial charge in [-0.05, 0) is 12.0 Å². The van der Waals surface area contributed by atoms with Crippen molar-refractivity contribution in [3.05, 3.63) is 35.2 Å². The number of hydrogen-bond acceptors (Lipinski definition) is 6. The van der Waals surface area contributed by atoms with E-state index in [1.54, 1.807) is 0 Å². The fourth-order valence-corrected chi connectivity index (χ4v) is 2.86. The highest BCUT2D eigenvalue weighted by molar-refractivity contribution is 7.14. The minimum atomic E-state index is -0.722. The first kappa shape index (κ1) is 19.0. The van der Waals surface area contributed by atoms with Crippen molar-refractivity contribution in [3.63, 3.8) is 0 Å². The molecule has 25 heavy (non-hydrogen) atoms. The second-order valence-electron chi connectivity index (χ2n) is 5.52. The van der Waals surface area contributed by atoms with Gasteiger partial charge in [0.05, 0.1) is 12.3 Å². The summed E-state index contributed by atoms with van der Waals surface area (Å²) < 4.78 is 4.86. The number of nitrogens with zero attached hydrogens (tertiary/aromatic N) is 1. The van der Waals surface area contributed by atoms with Crippen LogP contribution in [0.3, 0.4) is 0 Å². The molecule has 1 atom stereocenters. The number of methoxy groups -OCH3 is 1. The number of nitrogens with two attached hydrogens (primary N) is 1. The molecule has 0 aliphatic carbocycles. The fraction of sp³-hybridized carbons (Fsp3) is 0.353. The lowest BCUT2D eigenvalue weighted by atomic mass is 10.1. The van der Waals surface area contributed by atoms with Crippen molar-refractivity contribution in [1.29, 1.82) is 0 Å². The molecule has 0 fully saturated rings. The largest absolute Gasteiger partial charge is 0.383 e. The van der Waals surface area contributed by atoms with E-state index in [-0.39, 0.29) is 18.4 Å². The van der Waals surface area contributed by atoms with Crippen molar-refractivity contribution in [3.8, 4) is 11.3 Å². The second-order valence-corrected chi connectivity index (χ2v) is 6.38. The van der Waals surface area contributed by atoms with Gasteiger partial charge < -0.3 is 21.1 Å². The first-order valence-electron chi connectivity index (χ1n) is 7.84. The molecule has 0 bridgehead atoms. The summed E-state index contributed by atoms with van der Waals surface area (Å²) in [5.74, 6) is -0.352. The molecule has 8 heteroatoms. The van der Waals surface area contributed by atoms with E-state index in [4.69, 9.17) is 10.5 Å².